The van der Waals surface area contributed by atoms with Crippen molar-refractivity contribution in [3.63, 3.8) is 0 Å². The Morgan fingerprint density at radius 3 is 2.62 bits per heavy atom. The first-order valence-electron chi connectivity index (χ1n) is 9.02. The Balaban J connectivity index is 1.53. The molecule has 6 nitrogen and oxygen atoms in total. The number of thioether (sulfide) groups is 1. The van der Waals surface area contributed by atoms with Gasteiger partial charge in [0.1, 0.15) is 5.75 Å². The number of amides is 1. The lowest BCUT2D eigenvalue weighted by atomic mass is 9.87. The van der Waals surface area contributed by atoms with Gasteiger partial charge in [0.2, 0.25) is 11.1 Å². The smallest absolute Gasteiger partial charge is 0.233 e. The van der Waals surface area contributed by atoms with E-state index in [4.69, 9.17) is 4.74 Å². The molecule has 140 valence electrons. The minimum atomic E-state index is 0.144. The van der Waals surface area contributed by atoms with Crippen LogP contribution in [-0.4, -0.2) is 51.9 Å². The van der Waals surface area contributed by atoms with Crippen molar-refractivity contribution in [1.29, 1.82) is 0 Å². The Kier molecular flexibility index (Phi) is 6.19. The molecular formula is C19H26N4O2S. The van der Waals surface area contributed by atoms with Crippen molar-refractivity contribution in [3.05, 3.63) is 24.3 Å². The van der Waals surface area contributed by atoms with Gasteiger partial charge in [-0.25, -0.2) is 4.98 Å². The third kappa shape index (κ3) is 4.58. The lowest BCUT2D eigenvalue weighted by Crippen LogP contribution is -2.40. The summed E-state index contributed by atoms with van der Waals surface area (Å²) in [6.07, 6.45) is 4.63. The van der Waals surface area contributed by atoms with Crippen LogP contribution in [0.4, 0.5) is 0 Å². The van der Waals surface area contributed by atoms with Crippen molar-refractivity contribution in [2.24, 2.45) is 5.92 Å². The van der Waals surface area contributed by atoms with Crippen LogP contribution in [0.15, 0.2) is 29.4 Å². The Morgan fingerprint density at radius 2 is 1.96 bits per heavy atom. The molecule has 1 aromatic carbocycles. The number of hydrogen-bond donors (Lipinski definition) is 1. The summed E-state index contributed by atoms with van der Waals surface area (Å²) in [5, 5.41) is 7.74. The molecule has 1 N–H and O–H groups in total. The summed E-state index contributed by atoms with van der Waals surface area (Å²) in [7, 11) is 3.56. The van der Waals surface area contributed by atoms with Gasteiger partial charge >= 0.3 is 0 Å². The first-order valence-corrected chi connectivity index (χ1v) is 10.0. The fourth-order valence-electron chi connectivity index (χ4n) is 3.25. The summed E-state index contributed by atoms with van der Waals surface area (Å²) in [5.41, 5.74) is 0.935. The number of nitrogens with one attached hydrogen (secondary N) is 1. The molecule has 0 aliphatic heterocycles. The van der Waals surface area contributed by atoms with E-state index >= 15 is 0 Å². The lowest BCUT2D eigenvalue weighted by Gasteiger charge is -2.33. The molecule has 0 saturated heterocycles. The molecule has 1 fully saturated rings. The lowest BCUT2D eigenvalue weighted by molar-refractivity contribution is -0.129. The number of methoxy groups -OCH3 is 1. The molecule has 26 heavy (non-hydrogen) atoms. The second-order valence-corrected chi connectivity index (χ2v) is 7.84. The minimum Gasteiger partial charge on any atom is -0.497 e. The number of aromatic nitrogens is 3. The second kappa shape index (κ2) is 8.58. The number of H-pyrrole nitrogens is 1. The van der Waals surface area contributed by atoms with Gasteiger partial charge < -0.3 is 9.64 Å². The predicted molar refractivity (Wildman–Crippen MR) is 103 cm³/mol. The normalized spacial score (nSPS) is 20.0. The summed E-state index contributed by atoms with van der Waals surface area (Å²) >= 11 is 1.38. The fraction of sp³-hybridized carbons (Fsp3) is 0.526. The van der Waals surface area contributed by atoms with E-state index in [-0.39, 0.29) is 5.91 Å². The maximum absolute atomic E-state index is 12.5. The molecule has 1 aliphatic carbocycles. The Hall–Kier alpha value is -2.02. The van der Waals surface area contributed by atoms with Crippen LogP contribution < -0.4 is 4.74 Å². The van der Waals surface area contributed by atoms with Crippen LogP contribution in [0.2, 0.25) is 0 Å². The van der Waals surface area contributed by atoms with Gasteiger partial charge in [-0.05, 0) is 55.9 Å². The second-order valence-electron chi connectivity index (χ2n) is 6.90. The zero-order chi connectivity index (χ0) is 18.5. The number of aromatic amines is 1. The molecule has 0 atom stereocenters. The van der Waals surface area contributed by atoms with Gasteiger partial charge in [-0.2, -0.15) is 0 Å². The summed E-state index contributed by atoms with van der Waals surface area (Å²) in [5.74, 6) is 2.78. The zero-order valence-electron chi connectivity index (χ0n) is 15.6. The highest BCUT2D eigenvalue weighted by Gasteiger charge is 2.24. The molecule has 0 bridgehead atoms. The minimum absolute atomic E-state index is 0.144. The fourth-order valence-corrected chi connectivity index (χ4v) is 3.97. The number of rotatable bonds is 6. The number of nitrogens with zero attached hydrogens (tertiary/aromatic N) is 3. The number of hydrogen-bond acceptors (Lipinski definition) is 5. The zero-order valence-corrected chi connectivity index (χ0v) is 16.4. The molecule has 1 aliphatic rings. The molecule has 1 amide bonds. The van der Waals surface area contributed by atoms with Crippen LogP contribution in [-0.2, 0) is 4.79 Å². The average molecular weight is 375 g/mol. The average Bonchev–Trinajstić information content (AvgIpc) is 3.15. The molecule has 0 spiro atoms. The summed E-state index contributed by atoms with van der Waals surface area (Å²) in [6.45, 7) is 2.29. The van der Waals surface area contributed by atoms with E-state index in [1.807, 2.05) is 36.2 Å². The van der Waals surface area contributed by atoms with Crippen LogP contribution >= 0.6 is 11.8 Å². The van der Waals surface area contributed by atoms with E-state index in [1.165, 1.54) is 24.6 Å². The highest BCUT2D eigenvalue weighted by molar-refractivity contribution is 7.99. The van der Waals surface area contributed by atoms with E-state index in [0.717, 1.165) is 30.1 Å². The third-order valence-electron chi connectivity index (χ3n) is 5.08. The predicted octanol–water partition coefficient (Wildman–Crippen LogP) is 3.61. The third-order valence-corrected chi connectivity index (χ3v) is 5.91. The topological polar surface area (TPSA) is 71.1 Å². The molecule has 1 aromatic heterocycles. The SMILES string of the molecule is COc1ccc(-c2nc(SCC(=O)N(C)C3CCC(C)CC3)n[nH]2)cc1. The van der Waals surface area contributed by atoms with Crippen LogP contribution in [0.5, 0.6) is 5.75 Å². The van der Waals surface area contributed by atoms with Gasteiger partial charge in [0.05, 0.1) is 12.9 Å². The van der Waals surface area contributed by atoms with Crippen LogP contribution in [0.3, 0.4) is 0 Å². The maximum atomic E-state index is 12.5. The molecule has 3 rings (SSSR count). The standard InChI is InChI=1S/C19H26N4O2S/c1-13-4-8-15(9-5-13)23(2)17(24)12-26-19-20-18(21-22-19)14-6-10-16(25-3)11-7-14/h6-7,10-11,13,15H,4-5,8-9,12H2,1-3H3,(H,20,21,22). The van der Waals surface area contributed by atoms with E-state index in [0.29, 0.717) is 22.8 Å². The van der Waals surface area contributed by atoms with E-state index in [2.05, 4.69) is 22.1 Å². The Bertz CT molecular complexity index is 723. The number of ether oxygens (including phenoxy) is 1. The molecule has 0 unspecified atom stereocenters. The summed E-state index contributed by atoms with van der Waals surface area (Å²) in [4.78, 5) is 18.9. The summed E-state index contributed by atoms with van der Waals surface area (Å²) in [6, 6.07) is 8.00. The number of carbonyl (C=O) groups is 1. The quantitative estimate of drug-likeness (QED) is 0.782. The maximum Gasteiger partial charge on any atom is 0.233 e. The van der Waals surface area contributed by atoms with Crippen molar-refractivity contribution in [2.45, 2.75) is 43.8 Å². The van der Waals surface area contributed by atoms with Gasteiger partial charge in [-0.1, -0.05) is 18.7 Å². The van der Waals surface area contributed by atoms with Gasteiger partial charge in [0.15, 0.2) is 5.82 Å². The van der Waals surface area contributed by atoms with Crippen LogP contribution in [0, 0.1) is 5.92 Å². The number of benzene rings is 1. The highest BCUT2D eigenvalue weighted by Crippen LogP contribution is 2.27. The van der Waals surface area contributed by atoms with Gasteiger partial charge in [-0.15, -0.1) is 5.10 Å². The van der Waals surface area contributed by atoms with Crippen molar-refractivity contribution in [2.75, 3.05) is 19.9 Å². The first-order chi connectivity index (χ1) is 12.6. The molecular weight excluding hydrogens is 348 g/mol. The van der Waals surface area contributed by atoms with Crippen molar-refractivity contribution >= 4 is 17.7 Å². The molecule has 1 saturated carbocycles. The Labute approximate surface area is 158 Å². The van der Waals surface area contributed by atoms with Crippen molar-refractivity contribution in [1.82, 2.24) is 20.1 Å². The largest absolute Gasteiger partial charge is 0.497 e. The van der Waals surface area contributed by atoms with Crippen LogP contribution in [0.25, 0.3) is 11.4 Å². The monoisotopic (exact) mass is 374 g/mol. The Morgan fingerprint density at radius 1 is 1.27 bits per heavy atom. The van der Waals surface area contributed by atoms with Gasteiger partial charge in [0.25, 0.3) is 0 Å². The highest BCUT2D eigenvalue weighted by atomic mass is 32.2. The number of carbonyl (C=O) groups excluding carboxylic acids is 1. The van der Waals surface area contributed by atoms with Crippen molar-refractivity contribution in [3.8, 4) is 17.1 Å². The van der Waals surface area contributed by atoms with Crippen LogP contribution in [0.1, 0.15) is 32.6 Å². The molecule has 7 heteroatoms. The van der Waals surface area contributed by atoms with E-state index in [9.17, 15) is 4.79 Å². The molecule has 1 heterocycles. The van der Waals surface area contributed by atoms with Gasteiger partial charge in [-0.3, -0.25) is 9.89 Å². The van der Waals surface area contributed by atoms with E-state index < -0.39 is 0 Å². The summed E-state index contributed by atoms with van der Waals surface area (Å²) < 4.78 is 5.16. The molecule has 0 radical (unpaired) electrons. The van der Waals surface area contributed by atoms with Gasteiger partial charge in [0, 0.05) is 18.7 Å². The van der Waals surface area contributed by atoms with E-state index in [1.54, 1.807) is 7.11 Å². The van der Waals surface area contributed by atoms with Crippen molar-refractivity contribution < 1.29 is 9.53 Å². The molecule has 2 aromatic rings. The first kappa shape index (κ1) is 18.8.